The number of aromatic amines is 1. The molecule has 0 aliphatic carbocycles. The lowest BCUT2D eigenvalue weighted by molar-refractivity contribution is -0.110. The van der Waals surface area contributed by atoms with Gasteiger partial charge in [-0.05, 0) is 60.7 Å². The fourth-order valence-corrected chi connectivity index (χ4v) is 2.92. The van der Waals surface area contributed by atoms with E-state index in [1.807, 2.05) is 12.1 Å². The summed E-state index contributed by atoms with van der Waals surface area (Å²) in [6.07, 6.45) is 3.55. The van der Waals surface area contributed by atoms with Crippen molar-refractivity contribution in [1.82, 2.24) is 4.98 Å². The minimum Gasteiger partial charge on any atom is -0.362 e. The first-order valence-corrected chi connectivity index (χ1v) is 8.36. The van der Waals surface area contributed by atoms with E-state index in [1.54, 1.807) is 54.7 Å². The maximum Gasteiger partial charge on any atom is 0.256 e. The normalized spacial score (nSPS) is 14.2. The van der Waals surface area contributed by atoms with Gasteiger partial charge < -0.3 is 15.6 Å². The fourth-order valence-electron chi connectivity index (χ4n) is 2.80. The quantitative estimate of drug-likeness (QED) is 0.603. The van der Waals surface area contributed by atoms with Crippen LogP contribution in [0, 0.1) is 0 Å². The number of nitrogens with one attached hydrogen (secondary N) is 3. The zero-order valence-corrected chi connectivity index (χ0v) is 14.3. The van der Waals surface area contributed by atoms with Crippen molar-refractivity contribution in [3.05, 3.63) is 82.6 Å². The van der Waals surface area contributed by atoms with E-state index in [1.165, 1.54) is 0 Å². The first-order valence-electron chi connectivity index (χ1n) is 7.98. The van der Waals surface area contributed by atoms with Gasteiger partial charge in [0.1, 0.15) is 0 Å². The van der Waals surface area contributed by atoms with Crippen molar-refractivity contribution in [2.75, 3.05) is 10.6 Å². The summed E-state index contributed by atoms with van der Waals surface area (Å²) in [5.41, 5.74) is 3.84. The average Bonchev–Trinajstić information content (AvgIpc) is 3.25. The number of hydrogen-bond acceptors (Lipinski definition) is 2. The maximum absolute atomic E-state index is 12.5. The number of carbonyl (C=O) groups excluding carboxylic acids is 2. The Morgan fingerprint density at radius 3 is 2.62 bits per heavy atom. The van der Waals surface area contributed by atoms with E-state index in [2.05, 4.69) is 15.6 Å². The van der Waals surface area contributed by atoms with Crippen molar-refractivity contribution in [2.45, 2.75) is 0 Å². The van der Waals surface area contributed by atoms with Crippen LogP contribution in [-0.4, -0.2) is 16.8 Å². The molecule has 2 aromatic carbocycles. The van der Waals surface area contributed by atoms with Gasteiger partial charge in [-0.2, -0.15) is 0 Å². The molecule has 6 heteroatoms. The highest BCUT2D eigenvalue weighted by Gasteiger charge is 2.25. The van der Waals surface area contributed by atoms with E-state index in [9.17, 15) is 9.59 Å². The predicted octanol–water partition coefficient (Wildman–Crippen LogP) is 4.41. The number of halogens is 1. The summed E-state index contributed by atoms with van der Waals surface area (Å²) < 4.78 is 0. The van der Waals surface area contributed by atoms with Crippen molar-refractivity contribution in [3.63, 3.8) is 0 Å². The summed E-state index contributed by atoms with van der Waals surface area (Å²) in [5.74, 6) is -0.446. The predicted molar refractivity (Wildman–Crippen MR) is 103 cm³/mol. The number of amides is 2. The van der Waals surface area contributed by atoms with Crippen LogP contribution in [0.5, 0.6) is 0 Å². The van der Waals surface area contributed by atoms with Crippen LogP contribution in [0.2, 0.25) is 5.02 Å². The molecular weight excluding hydrogens is 350 g/mol. The lowest BCUT2D eigenvalue weighted by Crippen LogP contribution is -2.11. The number of anilines is 2. The molecule has 0 saturated heterocycles. The molecule has 1 aromatic heterocycles. The van der Waals surface area contributed by atoms with E-state index in [0.717, 1.165) is 5.69 Å². The molecule has 1 aliphatic rings. The van der Waals surface area contributed by atoms with Gasteiger partial charge >= 0.3 is 0 Å². The Labute approximate surface area is 154 Å². The van der Waals surface area contributed by atoms with Crippen molar-refractivity contribution < 1.29 is 9.59 Å². The smallest absolute Gasteiger partial charge is 0.256 e. The molecule has 4 rings (SSSR count). The minimum absolute atomic E-state index is 0.190. The van der Waals surface area contributed by atoms with E-state index in [4.69, 9.17) is 11.6 Å². The van der Waals surface area contributed by atoms with Crippen LogP contribution >= 0.6 is 11.6 Å². The van der Waals surface area contributed by atoms with Gasteiger partial charge in [0.25, 0.3) is 11.8 Å². The number of H-pyrrole nitrogens is 1. The van der Waals surface area contributed by atoms with Gasteiger partial charge in [-0.25, -0.2) is 0 Å². The summed E-state index contributed by atoms with van der Waals surface area (Å²) in [6, 6.07) is 15.7. The lowest BCUT2D eigenvalue weighted by atomic mass is 10.0. The molecule has 0 radical (unpaired) electrons. The van der Waals surface area contributed by atoms with E-state index >= 15 is 0 Å². The van der Waals surface area contributed by atoms with Crippen LogP contribution < -0.4 is 10.6 Å². The highest BCUT2D eigenvalue weighted by atomic mass is 35.5. The van der Waals surface area contributed by atoms with E-state index in [0.29, 0.717) is 33.1 Å². The molecule has 128 valence electrons. The molecule has 0 unspecified atom stereocenters. The van der Waals surface area contributed by atoms with Crippen molar-refractivity contribution in [3.8, 4) is 0 Å². The third-order valence-electron chi connectivity index (χ3n) is 4.09. The molecule has 0 bridgehead atoms. The molecular formula is C20H14ClN3O2. The van der Waals surface area contributed by atoms with Gasteiger partial charge in [-0.3, -0.25) is 9.59 Å². The number of hydrogen-bond donors (Lipinski definition) is 3. The Morgan fingerprint density at radius 2 is 1.88 bits per heavy atom. The zero-order chi connectivity index (χ0) is 18.1. The Kier molecular flexibility index (Phi) is 4.07. The molecule has 5 nitrogen and oxygen atoms in total. The molecule has 0 spiro atoms. The van der Waals surface area contributed by atoms with Crippen LogP contribution in [0.15, 0.2) is 60.8 Å². The van der Waals surface area contributed by atoms with Crippen molar-refractivity contribution in [2.24, 2.45) is 0 Å². The van der Waals surface area contributed by atoms with Gasteiger partial charge in [0.15, 0.2) is 0 Å². The number of benzene rings is 2. The summed E-state index contributed by atoms with van der Waals surface area (Å²) >= 11 is 5.86. The highest BCUT2D eigenvalue weighted by molar-refractivity contribution is 6.35. The number of rotatable bonds is 3. The molecule has 0 fully saturated rings. The molecule has 2 heterocycles. The van der Waals surface area contributed by atoms with Crippen molar-refractivity contribution >= 4 is 46.4 Å². The summed E-state index contributed by atoms with van der Waals surface area (Å²) in [5, 5.41) is 6.24. The first kappa shape index (κ1) is 16.2. The second kappa shape index (κ2) is 6.54. The maximum atomic E-state index is 12.5. The molecule has 0 saturated carbocycles. The molecule has 3 N–H and O–H groups in total. The van der Waals surface area contributed by atoms with Gasteiger partial charge in [-0.15, -0.1) is 0 Å². The first-order chi connectivity index (χ1) is 12.6. The summed E-state index contributed by atoms with van der Waals surface area (Å²) in [7, 11) is 0. The number of aromatic nitrogens is 1. The van der Waals surface area contributed by atoms with Gasteiger partial charge in [-0.1, -0.05) is 11.6 Å². The van der Waals surface area contributed by atoms with E-state index in [-0.39, 0.29) is 11.8 Å². The number of fused-ring (bicyclic) bond motifs is 1. The van der Waals surface area contributed by atoms with Gasteiger partial charge in [0, 0.05) is 39.4 Å². The molecule has 0 atom stereocenters. The Bertz CT molecular complexity index is 1020. The van der Waals surface area contributed by atoms with Crippen molar-refractivity contribution in [1.29, 1.82) is 0 Å². The Morgan fingerprint density at radius 1 is 1.08 bits per heavy atom. The van der Waals surface area contributed by atoms with Crippen LogP contribution in [-0.2, 0) is 4.79 Å². The van der Waals surface area contributed by atoms with Gasteiger partial charge in [0.05, 0.1) is 5.57 Å². The SMILES string of the molecule is O=C1Nc2ccc(C(=O)Nc3ccc(Cl)cc3)cc2C1=Cc1ccc[nH]1. The molecule has 2 amide bonds. The van der Waals surface area contributed by atoms with Crippen LogP contribution in [0.3, 0.4) is 0 Å². The standard InChI is InChI=1S/C20H14ClN3O2/c21-13-4-6-14(7-5-13)23-19(25)12-3-8-18-16(10-12)17(20(26)24-18)11-15-2-1-9-22-15/h1-11,22H,(H,23,25)(H,24,26). The fraction of sp³-hybridized carbons (Fsp3) is 0. The monoisotopic (exact) mass is 363 g/mol. The summed E-state index contributed by atoms with van der Waals surface area (Å²) in [6.45, 7) is 0. The summed E-state index contributed by atoms with van der Waals surface area (Å²) in [4.78, 5) is 27.8. The van der Waals surface area contributed by atoms with Crippen LogP contribution in [0.1, 0.15) is 21.6 Å². The second-order valence-electron chi connectivity index (χ2n) is 5.86. The topological polar surface area (TPSA) is 74.0 Å². The minimum atomic E-state index is -0.256. The molecule has 3 aromatic rings. The van der Waals surface area contributed by atoms with Crippen LogP contribution in [0.4, 0.5) is 11.4 Å². The van der Waals surface area contributed by atoms with Crippen LogP contribution in [0.25, 0.3) is 11.6 Å². The largest absolute Gasteiger partial charge is 0.362 e. The third-order valence-corrected chi connectivity index (χ3v) is 4.34. The second-order valence-corrected chi connectivity index (χ2v) is 6.30. The van der Waals surface area contributed by atoms with E-state index < -0.39 is 0 Å². The number of carbonyl (C=O) groups is 2. The molecule has 26 heavy (non-hydrogen) atoms. The Balaban J connectivity index is 1.64. The lowest BCUT2D eigenvalue weighted by Gasteiger charge is -2.07. The third kappa shape index (κ3) is 3.12. The van der Waals surface area contributed by atoms with Gasteiger partial charge in [0.2, 0.25) is 0 Å². The Hall–Kier alpha value is -3.31. The average molecular weight is 364 g/mol. The zero-order valence-electron chi connectivity index (χ0n) is 13.5. The molecule has 1 aliphatic heterocycles. The highest BCUT2D eigenvalue weighted by Crippen LogP contribution is 2.33.